The van der Waals surface area contributed by atoms with Gasteiger partial charge in [0, 0.05) is 4.90 Å². The summed E-state index contributed by atoms with van der Waals surface area (Å²) in [5, 5.41) is 1.21. The van der Waals surface area contributed by atoms with E-state index in [0.717, 1.165) is 6.07 Å². The lowest BCUT2D eigenvalue weighted by atomic mass is 10.1. The Bertz CT molecular complexity index is 724. The number of benzene rings is 2. The van der Waals surface area contributed by atoms with Gasteiger partial charge in [0.25, 0.3) is 0 Å². The Morgan fingerprint density at radius 3 is 2.42 bits per heavy atom. The minimum absolute atomic E-state index is 0.411. The number of thiol groups is 1. The average molecular weight is 308 g/mol. The molecule has 0 aromatic heterocycles. The molecule has 0 aliphatic carbocycles. The smallest absolute Gasteiger partial charge is 0.376 e. The normalized spacial score (nSPS) is 12.6. The molecule has 2 aromatic carbocycles. The van der Waals surface area contributed by atoms with Crippen molar-refractivity contribution in [2.45, 2.75) is 10.4 Å². The SMILES string of the molecule is O=S(=O)(Oc1ccc2cccc(S)c2c1)C(F)(F)F. The second-order valence-electron chi connectivity index (χ2n) is 3.64. The fourth-order valence-electron chi connectivity index (χ4n) is 1.46. The maximum atomic E-state index is 12.2. The third-order valence-corrected chi connectivity index (χ3v) is 3.69. The van der Waals surface area contributed by atoms with Crippen LogP contribution in [-0.2, 0) is 10.1 Å². The van der Waals surface area contributed by atoms with Crippen LogP contribution >= 0.6 is 12.6 Å². The molecule has 0 fully saturated rings. The molecule has 2 rings (SSSR count). The van der Waals surface area contributed by atoms with Gasteiger partial charge >= 0.3 is 15.6 Å². The molecule has 0 radical (unpaired) electrons. The van der Waals surface area contributed by atoms with Gasteiger partial charge in [0.2, 0.25) is 0 Å². The fourth-order valence-corrected chi connectivity index (χ4v) is 2.19. The molecule has 0 unspecified atom stereocenters. The lowest BCUT2D eigenvalue weighted by Gasteiger charge is -2.10. The quantitative estimate of drug-likeness (QED) is 0.525. The van der Waals surface area contributed by atoms with E-state index in [-0.39, 0.29) is 0 Å². The first-order chi connectivity index (χ1) is 8.71. The van der Waals surface area contributed by atoms with Crippen molar-refractivity contribution >= 4 is 33.5 Å². The van der Waals surface area contributed by atoms with Crippen molar-refractivity contribution in [3.8, 4) is 5.75 Å². The number of fused-ring (bicyclic) bond motifs is 1. The predicted molar refractivity (Wildman–Crippen MR) is 66.8 cm³/mol. The van der Waals surface area contributed by atoms with Gasteiger partial charge in [-0.15, -0.1) is 12.6 Å². The predicted octanol–water partition coefficient (Wildman–Crippen LogP) is 3.36. The molecule has 0 atom stereocenters. The van der Waals surface area contributed by atoms with Crippen molar-refractivity contribution in [1.29, 1.82) is 0 Å². The highest BCUT2D eigenvalue weighted by Crippen LogP contribution is 2.30. The Kier molecular flexibility index (Phi) is 3.40. The van der Waals surface area contributed by atoms with E-state index in [1.807, 2.05) is 0 Å². The summed E-state index contributed by atoms with van der Waals surface area (Å²) in [5.41, 5.74) is -5.46. The minimum Gasteiger partial charge on any atom is -0.376 e. The van der Waals surface area contributed by atoms with E-state index in [2.05, 4.69) is 16.8 Å². The molecule has 0 heterocycles. The highest BCUT2D eigenvalue weighted by Gasteiger charge is 2.48. The summed E-state index contributed by atoms with van der Waals surface area (Å²) >= 11 is 4.14. The molecule has 3 nitrogen and oxygen atoms in total. The molecule has 0 bridgehead atoms. The van der Waals surface area contributed by atoms with Gasteiger partial charge in [-0.2, -0.15) is 21.6 Å². The number of hydrogen-bond donors (Lipinski definition) is 1. The Hall–Kier alpha value is -1.41. The Labute approximate surface area is 112 Å². The molecule has 0 amide bonds. The zero-order chi connectivity index (χ0) is 14.3. The lowest BCUT2D eigenvalue weighted by molar-refractivity contribution is -0.0500. The van der Waals surface area contributed by atoms with Gasteiger partial charge in [-0.05, 0) is 29.0 Å². The summed E-state index contributed by atoms with van der Waals surface area (Å²) in [7, 11) is -5.66. The molecule has 0 saturated heterocycles. The number of hydrogen-bond acceptors (Lipinski definition) is 4. The summed E-state index contributed by atoms with van der Waals surface area (Å²) in [4.78, 5) is 0.507. The molecule has 0 aliphatic heterocycles. The van der Waals surface area contributed by atoms with Crippen LogP contribution in [0.4, 0.5) is 13.2 Å². The Morgan fingerprint density at radius 2 is 1.79 bits per heavy atom. The van der Waals surface area contributed by atoms with E-state index >= 15 is 0 Å². The maximum Gasteiger partial charge on any atom is 0.534 e. The van der Waals surface area contributed by atoms with Crippen molar-refractivity contribution in [3.05, 3.63) is 36.4 Å². The van der Waals surface area contributed by atoms with Crippen molar-refractivity contribution < 1.29 is 25.8 Å². The van der Waals surface area contributed by atoms with Crippen LogP contribution in [-0.4, -0.2) is 13.9 Å². The molecule has 0 aliphatic rings. The zero-order valence-electron chi connectivity index (χ0n) is 9.18. The van der Waals surface area contributed by atoms with Gasteiger partial charge < -0.3 is 4.18 Å². The van der Waals surface area contributed by atoms with E-state index < -0.39 is 21.4 Å². The van der Waals surface area contributed by atoms with E-state index in [0.29, 0.717) is 15.7 Å². The Morgan fingerprint density at radius 1 is 1.11 bits per heavy atom. The van der Waals surface area contributed by atoms with Crippen LogP contribution in [0.5, 0.6) is 5.75 Å². The van der Waals surface area contributed by atoms with Crippen molar-refractivity contribution in [2.75, 3.05) is 0 Å². The van der Waals surface area contributed by atoms with Crippen LogP contribution in [0.25, 0.3) is 10.8 Å². The summed E-state index contributed by atoms with van der Waals surface area (Å²) < 4.78 is 62.3. The van der Waals surface area contributed by atoms with Crippen molar-refractivity contribution in [3.63, 3.8) is 0 Å². The summed E-state index contributed by atoms with van der Waals surface area (Å²) in [6, 6.07) is 8.87. The number of halogens is 3. The van der Waals surface area contributed by atoms with Gasteiger partial charge in [0.1, 0.15) is 5.75 Å². The largest absolute Gasteiger partial charge is 0.534 e. The van der Waals surface area contributed by atoms with Gasteiger partial charge in [-0.25, -0.2) is 0 Å². The van der Waals surface area contributed by atoms with Crippen LogP contribution in [0.1, 0.15) is 0 Å². The molecule has 2 aromatic rings. The molecule has 0 spiro atoms. The van der Waals surface area contributed by atoms with E-state index in [4.69, 9.17) is 0 Å². The second kappa shape index (κ2) is 4.61. The van der Waals surface area contributed by atoms with Gasteiger partial charge in [0.05, 0.1) is 0 Å². The number of rotatable bonds is 2. The molecule has 0 saturated carbocycles. The third kappa shape index (κ3) is 2.79. The van der Waals surface area contributed by atoms with E-state index in [9.17, 15) is 21.6 Å². The monoisotopic (exact) mass is 308 g/mol. The third-order valence-electron chi connectivity index (χ3n) is 2.32. The van der Waals surface area contributed by atoms with Crippen LogP contribution in [0.15, 0.2) is 41.3 Å². The second-order valence-corrected chi connectivity index (χ2v) is 5.66. The highest BCUT2D eigenvalue weighted by atomic mass is 32.2. The minimum atomic E-state index is -5.66. The van der Waals surface area contributed by atoms with E-state index in [1.54, 1.807) is 18.2 Å². The molecule has 0 N–H and O–H groups in total. The lowest BCUT2D eigenvalue weighted by Crippen LogP contribution is -2.28. The average Bonchev–Trinajstić information content (AvgIpc) is 2.28. The number of alkyl halides is 3. The summed E-state index contributed by atoms with van der Waals surface area (Å²) in [5.74, 6) is -0.411. The molecule has 19 heavy (non-hydrogen) atoms. The molecular formula is C11H7F3O3S2. The first-order valence-corrected chi connectivity index (χ1v) is 6.79. The summed E-state index contributed by atoms with van der Waals surface area (Å²) in [6.07, 6.45) is 0. The van der Waals surface area contributed by atoms with Crippen LogP contribution in [0.3, 0.4) is 0 Å². The standard InChI is InChI=1S/C11H7F3O3S2/c12-11(13,14)19(15,16)17-8-5-4-7-2-1-3-10(18)9(7)6-8/h1-6,18H. The Balaban J connectivity index is 2.46. The topological polar surface area (TPSA) is 43.4 Å². The highest BCUT2D eigenvalue weighted by molar-refractivity contribution is 7.88. The summed E-state index contributed by atoms with van der Waals surface area (Å²) in [6.45, 7) is 0. The molecular weight excluding hydrogens is 301 g/mol. The zero-order valence-corrected chi connectivity index (χ0v) is 10.9. The first kappa shape index (κ1) is 14.0. The fraction of sp³-hybridized carbons (Fsp3) is 0.0909. The van der Waals surface area contributed by atoms with Gasteiger partial charge in [0.15, 0.2) is 0 Å². The molecule has 8 heteroatoms. The van der Waals surface area contributed by atoms with Crippen LogP contribution in [0.2, 0.25) is 0 Å². The first-order valence-electron chi connectivity index (χ1n) is 4.93. The van der Waals surface area contributed by atoms with Crippen molar-refractivity contribution in [1.82, 2.24) is 0 Å². The van der Waals surface area contributed by atoms with E-state index in [1.165, 1.54) is 12.1 Å². The molecule has 102 valence electrons. The van der Waals surface area contributed by atoms with Gasteiger partial charge in [-0.1, -0.05) is 18.2 Å². The van der Waals surface area contributed by atoms with Crippen molar-refractivity contribution in [2.24, 2.45) is 0 Å². The van der Waals surface area contributed by atoms with Crippen LogP contribution in [0, 0.1) is 0 Å². The van der Waals surface area contributed by atoms with Gasteiger partial charge in [-0.3, -0.25) is 0 Å². The van der Waals surface area contributed by atoms with Crippen LogP contribution < -0.4 is 4.18 Å². The maximum absolute atomic E-state index is 12.2.